The van der Waals surface area contributed by atoms with Gasteiger partial charge >= 0.3 is 0 Å². The zero-order valence-corrected chi connectivity index (χ0v) is 10.4. The van der Waals surface area contributed by atoms with Crippen molar-refractivity contribution in [1.82, 2.24) is 0 Å². The minimum absolute atomic E-state index is 0.782. The number of benzene rings is 1. The second-order valence-electron chi connectivity index (χ2n) is 4.10. The SMILES string of the molecule is CCCC1=Nc2ccccc2N=C(CCC)O1. The van der Waals surface area contributed by atoms with E-state index in [1.54, 1.807) is 0 Å². The first-order valence-electron chi connectivity index (χ1n) is 6.25. The smallest absolute Gasteiger partial charge is 0.196 e. The fourth-order valence-corrected chi connectivity index (χ4v) is 1.75. The van der Waals surface area contributed by atoms with E-state index >= 15 is 0 Å². The molecule has 90 valence electrons. The normalized spacial score (nSPS) is 14.2. The Bertz CT molecular complexity index is 408. The van der Waals surface area contributed by atoms with Gasteiger partial charge in [-0.1, -0.05) is 26.0 Å². The molecule has 0 fully saturated rings. The van der Waals surface area contributed by atoms with Gasteiger partial charge in [0.2, 0.25) is 0 Å². The highest BCUT2D eigenvalue weighted by molar-refractivity contribution is 5.96. The molecule has 0 aliphatic carbocycles. The molecule has 1 heterocycles. The fraction of sp³-hybridized carbons (Fsp3) is 0.429. The van der Waals surface area contributed by atoms with Crippen LogP contribution in [0.5, 0.6) is 0 Å². The summed E-state index contributed by atoms with van der Waals surface area (Å²) in [5.74, 6) is 1.56. The Morgan fingerprint density at radius 1 is 0.882 bits per heavy atom. The summed E-state index contributed by atoms with van der Waals surface area (Å²) < 4.78 is 5.77. The summed E-state index contributed by atoms with van der Waals surface area (Å²) in [6.45, 7) is 4.25. The van der Waals surface area contributed by atoms with Crippen molar-refractivity contribution in [3.05, 3.63) is 24.3 Å². The van der Waals surface area contributed by atoms with Crippen molar-refractivity contribution < 1.29 is 4.74 Å². The summed E-state index contributed by atoms with van der Waals surface area (Å²) in [6.07, 6.45) is 3.77. The van der Waals surface area contributed by atoms with E-state index in [1.165, 1.54) is 0 Å². The molecule has 0 atom stereocenters. The van der Waals surface area contributed by atoms with E-state index < -0.39 is 0 Å². The van der Waals surface area contributed by atoms with Gasteiger partial charge in [0.15, 0.2) is 11.8 Å². The Morgan fingerprint density at radius 2 is 1.35 bits per heavy atom. The van der Waals surface area contributed by atoms with Crippen molar-refractivity contribution in [3.63, 3.8) is 0 Å². The van der Waals surface area contributed by atoms with Crippen molar-refractivity contribution in [1.29, 1.82) is 0 Å². The highest BCUT2D eigenvalue weighted by Crippen LogP contribution is 2.30. The molecule has 1 aromatic carbocycles. The molecule has 0 saturated carbocycles. The molecule has 0 aromatic heterocycles. The molecule has 1 aliphatic heterocycles. The lowest BCUT2D eigenvalue weighted by Gasteiger charge is -2.06. The third-order valence-electron chi connectivity index (χ3n) is 2.54. The number of hydrogen-bond acceptors (Lipinski definition) is 3. The van der Waals surface area contributed by atoms with E-state index in [4.69, 9.17) is 4.74 Å². The van der Waals surface area contributed by atoms with Crippen LogP contribution in [-0.2, 0) is 4.74 Å². The summed E-state index contributed by atoms with van der Waals surface area (Å²) in [4.78, 5) is 9.08. The zero-order valence-electron chi connectivity index (χ0n) is 10.4. The highest BCUT2D eigenvalue weighted by atomic mass is 16.5. The third-order valence-corrected chi connectivity index (χ3v) is 2.54. The first kappa shape index (κ1) is 11.8. The van der Waals surface area contributed by atoms with Crippen molar-refractivity contribution >= 4 is 23.2 Å². The Hall–Kier alpha value is -1.64. The number of para-hydroxylation sites is 2. The lowest BCUT2D eigenvalue weighted by molar-refractivity contribution is 0.506. The molecule has 0 amide bonds. The molecule has 2 rings (SSSR count). The highest BCUT2D eigenvalue weighted by Gasteiger charge is 2.12. The summed E-state index contributed by atoms with van der Waals surface area (Å²) >= 11 is 0. The summed E-state index contributed by atoms with van der Waals surface area (Å²) in [6, 6.07) is 7.91. The summed E-state index contributed by atoms with van der Waals surface area (Å²) in [7, 11) is 0. The van der Waals surface area contributed by atoms with Crippen LogP contribution < -0.4 is 0 Å². The first-order chi connectivity index (χ1) is 8.33. The molecular formula is C14H18N2O. The molecule has 1 aromatic rings. The van der Waals surface area contributed by atoms with Gasteiger partial charge in [0, 0.05) is 12.8 Å². The van der Waals surface area contributed by atoms with E-state index in [9.17, 15) is 0 Å². The van der Waals surface area contributed by atoms with Gasteiger partial charge in [-0.25, -0.2) is 9.98 Å². The van der Waals surface area contributed by atoms with Gasteiger partial charge in [0.1, 0.15) is 0 Å². The van der Waals surface area contributed by atoms with Crippen LogP contribution in [0.4, 0.5) is 11.4 Å². The van der Waals surface area contributed by atoms with Crippen LogP contribution >= 0.6 is 0 Å². The minimum atomic E-state index is 0.782. The molecule has 0 radical (unpaired) electrons. The lowest BCUT2D eigenvalue weighted by atomic mass is 10.2. The largest absolute Gasteiger partial charge is 0.429 e. The van der Waals surface area contributed by atoms with Gasteiger partial charge in [-0.05, 0) is 25.0 Å². The number of aliphatic imine (C=N–C) groups is 2. The lowest BCUT2D eigenvalue weighted by Crippen LogP contribution is -2.10. The maximum absolute atomic E-state index is 5.77. The number of ether oxygens (including phenoxy) is 1. The van der Waals surface area contributed by atoms with E-state index in [0.717, 1.165) is 48.9 Å². The van der Waals surface area contributed by atoms with Crippen LogP contribution in [0.25, 0.3) is 0 Å². The average Bonchev–Trinajstić information content (AvgIpc) is 2.48. The van der Waals surface area contributed by atoms with Crippen molar-refractivity contribution in [2.24, 2.45) is 9.98 Å². The molecular weight excluding hydrogens is 212 g/mol. The molecule has 17 heavy (non-hydrogen) atoms. The number of nitrogens with zero attached hydrogens (tertiary/aromatic N) is 2. The number of hydrogen-bond donors (Lipinski definition) is 0. The van der Waals surface area contributed by atoms with E-state index in [2.05, 4.69) is 23.8 Å². The molecule has 0 saturated heterocycles. The van der Waals surface area contributed by atoms with E-state index in [-0.39, 0.29) is 0 Å². The minimum Gasteiger partial charge on any atom is -0.429 e. The molecule has 0 unspecified atom stereocenters. The quantitative estimate of drug-likeness (QED) is 0.755. The van der Waals surface area contributed by atoms with Gasteiger partial charge in [-0.15, -0.1) is 0 Å². The second kappa shape index (κ2) is 5.62. The molecule has 3 nitrogen and oxygen atoms in total. The van der Waals surface area contributed by atoms with Gasteiger partial charge in [0.05, 0.1) is 11.4 Å². The van der Waals surface area contributed by atoms with E-state index in [0.29, 0.717) is 0 Å². The van der Waals surface area contributed by atoms with Crippen LogP contribution in [0.2, 0.25) is 0 Å². The number of fused-ring (bicyclic) bond motifs is 1. The average molecular weight is 230 g/mol. The molecule has 3 heteroatoms. The standard InChI is InChI=1S/C14H18N2O/c1-3-7-13-15-11-9-5-6-10-12(11)16-14(17-13)8-4-2/h5-6,9-10H,3-4,7-8H2,1-2H3. The molecule has 0 N–H and O–H groups in total. The maximum atomic E-state index is 5.77. The molecule has 0 spiro atoms. The van der Waals surface area contributed by atoms with Gasteiger partial charge in [-0.3, -0.25) is 0 Å². The van der Waals surface area contributed by atoms with E-state index in [1.807, 2.05) is 24.3 Å². The topological polar surface area (TPSA) is 34.0 Å². The van der Waals surface area contributed by atoms with Crippen LogP contribution in [0.15, 0.2) is 34.3 Å². The summed E-state index contributed by atoms with van der Waals surface area (Å²) in [5.41, 5.74) is 1.81. The van der Waals surface area contributed by atoms with Crippen LogP contribution in [-0.4, -0.2) is 11.8 Å². The Labute approximate surface area is 102 Å². The Kier molecular flexibility index (Phi) is 3.91. The van der Waals surface area contributed by atoms with Crippen LogP contribution in [0, 0.1) is 0 Å². The molecule has 0 bridgehead atoms. The fourth-order valence-electron chi connectivity index (χ4n) is 1.75. The van der Waals surface area contributed by atoms with Crippen LogP contribution in [0.1, 0.15) is 39.5 Å². The molecule has 1 aliphatic rings. The van der Waals surface area contributed by atoms with Gasteiger partial charge in [0.25, 0.3) is 0 Å². The van der Waals surface area contributed by atoms with Crippen molar-refractivity contribution in [2.75, 3.05) is 0 Å². The number of rotatable bonds is 4. The Morgan fingerprint density at radius 3 is 1.76 bits per heavy atom. The first-order valence-corrected chi connectivity index (χ1v) is 6.25. The third kappa shape index (κ3) is 2.93. The Balaban J connectivity index is 2.37. The zero-order chi connectivity index (χ0) is 12.1. The van der Waals surface area contributed by atoms with Crippen molar-refractivity contribution in [3.8, 4) is 0 Å². The van der Waals surface area contributed by atoms with Crippen molar-refractivity contribution in [2.45, 2.75) is 39.5 Å². The predicted octanol–water partition coefficient (Wildman–Crippen LogP) is 4.38. The maximum Gasteiger partial charge on any atom is 0.196 e. The van der Waals surface area contributed by atoms with Gasteiger partial charge in [-0.2, -0.15) is 0 Å². The summed E-state index contributed by atoms with van der Waals surface area (Å²) in [5, 5.41) is 0. The monoisotopic (exact) mass is 230 g/mol. The predicted molar refractivity (Wildman–Crippen MR) is 71.5 cm³/mol. The van der Waals surface area contributed by atoms with Gasteiger partial charge < -0.3 is 4.74 Å². The second-order valence-corrected chi connectivity index (χ2v) is 4.10. The van der Waals surface area contributed by atoms with Crippen LogP contribution in [0.3, 0.4) is 0 Å².